The van der Waals surface area contributed by atoms with E-state index in [1.54, 1.807) is 23.3 Å². The smallest absolute Gasteiger partial charge is 0.451 e. The van der Waals surface area contributed by atoms with Crippen LogP contribution >= 0.6 is 0 Å². The lowest BCUT2D eigenvalue weighted by atomic mass is 10.2. The van der Waals surface area contributed by atoms with Gasteiger partial charge in [-0.2, -0.15) is 18.2 Å². The summed E-state index contributed by atoms with van der Waals surface area (Å²) in [5, 5.41) is 7.04. The van der Waals surface area contributed by atoms with E-state index in [1.165, 1.54) is 7.11 Å². The van der Waals surface area contributed by atoms with Crippen LogP contribution in [0.25, 0.3) is 0 Å². The molecule has 1 aromatic carbocycles. The number of halogens is 3. The highest BCUT2D eigenvalue weighted by Gasteiger charge is 2.35. The van der Waals surface area contributed by atoms with Crippen LogP contribution in [-0.4, -0.2) is 34.8 Å². The molecule has 0 bridgehead atoms. The number of nitrogens with zero attached hydrogens (tertiary/aromatic N) is 2. The molecule has 2 aromatic rings. The minimum absolute atomic E-state index is 0.333. The lowest BCUT2D eigenvalue weighted by molar-refractivity contribution is -0.144. The monoisotopic (exact) mass is 330 g/mol. The van der Waals surface area contributed by atoms with Crippen LogP contribution in [0.4, 0.5) is 19.1 Å². The number of carbonyl (C=O) groups excluding carboxylic acids is 1. The van der Waals surface area contributed by atoms with E-state index in [9.17, 15) is 18.0 Å². The van der Waals surface area contributed by atoms with Crippen molar-refractivity contribution in [2.45, 2.75) is 13.1 Å². The molecule has 0 spiro atoms. The molecule has 23 heavy (non-hydrogen) atoms. The van der Waals surface area contributed by atoms with Crippen molar-refractivity contribution >= 4 is 11.9 Å². The van der Waals surface area contributed by atoms with Crippen LogP contribution in [-0.2, 0) is 11.0 Å². The highest BCUT2D eigenvalue weighted by atomic mass is 19.4. The first-order valence-corrected chi connectivity index (χ1v) is 6.36. The molecule has 124 valence electrons. The highest BCUT2D eigenvalue weighted by Crippen LogP contribution is 2.28. The van der Waals surface area contributed by atoms with E-state index in [4.69, 9.17) is 9.47 Å². The largest absolute Gasteiger partial charge is 0.493 e. The topological polar surface area (TPSA) is 89.1 Å². The average Bonchev–Trinajstić information content (AvgIpc) is 2.94. The molecule has 1 heterocycles. The van der Waals surface area contributed by atoms with Gasteiger partial charge in [0, 0.05) is 0 Å². The van der Waals surface area contributed by atoms with Gasteiger partial charge in [0.1, 0.15) is 0 Å². The van der Waals surface area contributed by atoms with Gasteiger partial charge in [-0.25, -0.2) is 0 Å². The molecule has 0 saturated heterocycles. The van der Waals surface area contributed by atoms with Crippen LogP contribution in [0, 0.1) is 6.92 Å². The number of hydrogen-bond acceptors (Lipinski definition) is 5. The number of hydrogen-bond donors (Lipinski definition) is 2. The molecule has 0 saturated carbocycles. The maximum Gasteiger partial charge on any atom is 0.451 e. The molecule has 2 N–H and O–H groups in total. The number of anilines is 1. The summed E-state index contributed by atoms with van der Waals surface area (Å²) in [6.45, 7) is 1.43. The number of benzene rings is 1. The fourth-order valence-corrected chi connectivity index (χ4v) is 1.64. The van der Waals surface area contributed by atoms with Gasteiger partial charge in [0.05, 0.1) is 7.11 Å². The van der Waals surface area contributed by atoms with Crippen LogP contribution in [0.15, 0.2) is 18.2 Å². The van der Waals surface area contributed by atoms with Crippen molar-refractivity contribution in [3.63, 3.8) is 0 Å². The first kappa shape index (κ1) is 16.6. The minimum Gasteiger partial charge on any atom is -0.493 e. The highest BCUT2D eigenvalue weighted by molar-refractivity contribution is 5.90. The number of aromatic nitrogens is 3. The van der Waals surface area contributed by atoms with Gasteiger partial charge >= 0.3 is 6.18 Å². The molecule has 0 aliphatic heterocycles. The van der Waals surface area contributed by atoms with Gasteiger partial charge in [-0.1, -0.05) is 6.07 Å². The molecular formula is C13H13F3N4O3. The second-order valence-corrected chi connectivity index (χ2v) is 4.50. The molecule has 10 heteroatoms. The minimum atomic E-state index is -4.66. The maximum atomic E-state index is 12.3. The molecule has 1 amide bonds. The summed E-state index contributed by atoms with van der Waals surface area (Å²) in [4.78, 5) is 14.8. The third-order valence-electron chi connectivity index (χ3n) is 2.68. The van der Waals surface area contributed by atoms with Crippen LogP contribution in [0.1, 0.15) is 11.4 Å². The van der Waals surface area contributed by atoms with Gasteiger partial charge in [-0.3, -0.25) is 15.2 Å². The Bertz CT molecular complexity index is 700. The number of methoxy groups -OCH3 is 1. The lowest BCUT2D eigenvalue weighted by Crippen LogP contribution is -2.21. The van der Waals surface area contributed by atoms with Gasteiger partial charge in [-0.15, -0.1) is 5.10 Å². The Kier molecular flexibility index (Phi) is 4.72. The molecule has 0 aliphatic rings. The van der Waals surface area contributed by atoms with E-state index in [-0.39, 0.29) is 0 Å². The van der Waals surface area contributed by atoms with E-state index in [0.29, 0.717) is 11.5 Å². The molecular weight excluding hydrogens is 317 g/mol. The predicted octanol–water partition coefficient (Wildman–Crippen LogP) is 2.16. The molecule has 0 atom stereocenters. The second-order valence-electron chi connectivity index (χ2n) is 4.50. The van der Waals surface area contributed by atoms with Crippen molar-refractivity contribution in [2.24, 2.45) is 0 Å². The Balaban J connectivity index is 1.94. The Morgan fingerprint density at radius 1 is 1.35 bits per heavy atom. The first-order chi connectivity index (χ1) is 10.8. The van der Waals surface area contributed by atoms with Crippen LogP contribution in [0.2, 0.25) is 0 Å². The summed E-state index contributed by atoms with van der Waals surface area (Å²) >= 11 is 0. The molecule has 0 radical (unpaired) electrons. The number of rotatable bonds is 5. The Morgan fingerprint density at radius 2 is 2.09 bits per heavy atom. The summed E-state index contributed by atoms with van der Waals surface area (Å²) in [5.41, 5.74) is 0.944. The number of aromatic amines is 1. The van der Waals surface area contributed by atoms with Crippen molar-refractivity contribution in [1.29, 1.82) is 0 Å². The number of amides is 1. The Morgan fingerprint density at radius 3 is 2.70 bits per heavy atom. The van der Waals surface area contributed by atoms with Gasteiger partial charge in [-0.05, 0) is 24.6 Å². The average molecular weight is 330 g/mol. The molecule has 0 aliphatic carbocycles. The van der Waals surface area contributed by atoms with E-state index in [1.807, 2.05) is 6.92 Å². The molecule has 7 nitrogen and oxygen atoms in total. The SMILES string of the molecule is COc1cc(C)ccc1OCC(=O)Nc1n[nH]c(C(F)(F)F)n1. The van der Waals surface area contributed by atoms with E-state index >= 15 is 0 Å². The van der Waals surface area contributed by atoms with Gasteiger partial charge in [0.15, 0.2) is 18.1 Å². The van der Waals surface area contributed by atoms with E-state index < -0.39 is 30.5 Å². The molecule has 2 rings (SSSR count). The van der Waals surface area contributed by atoms with Crippen molar-refractivity contribution in [3.05, 3.63) is 29.6 Å². The third kappa shape index (κ3) is 4.34. The third-order valence-corrected chi connectivity index (χ3v) is 2.68. The zero-order valence-electron chi connectivity index (χ0n) is 12.2. The fourth-order valence-electron chi connectivity index (χ4n) is 1.64. The van der Waals surface area contributed by atoms with Crippen LogP contribution in [0.5, 0.6) is 11.5 Å². The van der Waals surface area contributed by atoms with Crippen LogP contribution < -0.4 is 14.8 Å². The zero-order valence-corrected chi connectivity index (χ0v) is 12.2. The summed E-state index contributed by atoms with van der Waals surface area (Å²) < 4.78 is 47.4. The standard InChI is InChI=1S/C13H13F3N4O3/c1-7-3-4-8(9(5-7)22-2)23-6-10(21)17-12-18-11(19-20-12)13(14,15)16/h3-5H,6H2,1-2H3,(H2,17,18,19,20,21). The normalized spacial score (nSPS) is 11.2. The van der Waals surface area contributed by atoms with Crippen molar-refractivity contribution in [3.8, 4) is 11.5 Å². The van der Waals surface area contributed by atoms with Crippen molar-refractivity contribution < 1.29 is 27.4 Å². The number of nitrogens with one attached hydrogen (secondary N) is 2. The summed E-state index contributed by atoms with van der Waals surface area (Å²) in [7, 11) is 1.45. The number of ether oxygens (including phenoxy) is 2. The quantitative estimate of drug-likeness (QED) is 0.877. The summed E-state index contributed by atoms with van der Waals surface area (Å²) in [6, 6.07) is 5.11. The summed E-state index contributed by atoms with van der Waals surface area (Å²) in [6.07, 6.45) is -4.66. The van der Waals surface area contributed by atoms with Crippen molar-refractivity contribution in [1.82, 2.24) is 15.2 Å². The number of H-pyrrole nitrogens is 1. The van der Waals surface area contributed by atoms with Gasteiger partial charge < -0.3 is 9.47 Å². The zero-order chi connectivity index (χ0) is 17.0. The lowest BCUT2D eigenvalue weighted by Gasteiger charge is -2.10. The fraction of sp³-hybridized carbons (Fsp3) is 0.308. The molecule has 0 unspecified atom stereocenters. The van der Waals surface area contributed by atoms with Gasteiger partial charge in [0.25, 0.3) is 5.91 Å². The van der Waals surface area contributed by atoms with E-state index in [2.05, 4.69) is 15.4 Å². The predicted molar refractivity (Wildman–Crippen MR) is 73.2 cm³/mol. The summed E-state index contributed by atoms with van der Waals surface area (Å²) in [5.74, 6) is -1.72. The number of alkyl halides is 3. The number of aryl methyl sites for hydroxylation is 1. The Hall–Kier alpha value is -2.78. The molecule has 0 fully saturated rings. The maximum absolute atomic E-state index is 12.3. The van der Waals surface area contributed by atoms with Crippen LogP contribution in [0.3, 0.4) is 0 Å². The first-order valence-electron chi connectivity index (χ1n) is 6.36. The molecule has 1 aromatic heterocycles. The second kappa shape index (κ2) is 6.55. The Labute approximate surface area is 128 Å². The number of carbonyl (C=O) groups is 1. The van der Waals surface area contributed by atoms with E-state index in [0.717, 1.165) is 5.56 Å². The van der Waals surface area contributed by atoms with Gasteiger partial charge in [0.2, 0.25) is 11.8 Å². The van der Waals surface area contributed by atoms with Crippen molar-refractivity contribution in [2.75, 3.05) is 19.0 Å².